The van der Waals surface area contributed by atoms with E-state index in [4.69, 9.17) is 5.73 Å². The molecule has 2 heterocycles. The summed E-state index contributed by atoms with van der Waals surface area (Å²) in [5.41, 5.74) is 7.64. The van der Waals surface area contributed by atoms with Crippen LogP contribution in [0.25, 0.3) is 0 Å². The van der Waals surface area contributed by atoms with Gasteiger partial charge in [0.15, 0.2) is 0 Å². The first-order valence-electron chi connectivity index (χ1n) is 8.96. The van der Waals surface area contributed by atoms with Gasteiger partial charge in [-0.15, -0.1) is 0 Å². The molecule has 2 saturated heterocycles. The highest BCUT2D eigenvalue weighted by Gasteiger charge is 2.35. The van der Waals surface area contributed by atoms with Crippen molar-refractivity contribution < 1.29 is 9.59 Å². The highest BCUT2D eigenvalue weighted by atomic mass is 16.2. The summed E-state index contributed by atoms with van der Waals surface area (Å²) in [5.74, 6) is 0.133. The lowest BCUT2D eigenvalue weighted by Gasteiger charge is -2.35. The minimum atomic E-state index is -0.0831. The summed E-state index contributed by atoms with van der Waals surface area (Å²) < 4.78 is 0. The van der Waals surface area contributed by atoms with Crippen LogP contribution in [0, 0.1) is 12.8 Å². The largest absolute Gasteiger partial charge is 0.338 e. The molecule has 24 heavy (non-hydrogen) atoms. The molecule has 1 aromatic rings. The van der Waals surface area contributed by atoms with Crippen LogP contribution in [0.1, 0.15) is 41.6 Å². The summed E-state index contributed by atoms with van der Waals surface area (Å²) in [6.45, 7) is 4.61. The molecule has 0 radical (unpaired) electrons. The standard InChI is InChI=1S/C19H27N3O2/c1-14-6-8-15(9-7-14)18(23)21-10-2-4-16(13-21)19(24)22-11-3-5-17(22)12-20/h6-9,16-17H,2-5,10-13,20H2,1H3. The van der Waals surface area contributed by atoms with Crippen molar-refractivity contribution in [1.29, 1.82) is 0 Å². The second-order valence-electron chi connectivity index (χ2n) is 7.02. The molecule has 2 fully saturated rings. The number of aryl methyl sites for hydroxylation is 1. The number of likely N-dealkylation sites (tertiary alicyclic amines) is 2. The fraction of sp³-hybridized carbons (Fsp3) is 0.579. The third kappa shape index (κ3) is 3.46. The number of piperidine rings is 1. The minimum absolute atomic E-state index is 0.0318. The average Bonchev–Trinajstić information content (AvgIpc) is 3.10. The van der Waals surface area contributed by atoms with Crippen LogP contribution >= 0.6 is 0 Å². The van der Waals surface area contributed by atoms with Gasteiger partial charge in [-0.1, -0.05) is 17.7 Å². The Morgan fingerprint density at radius 3 is 2.54 bits per heavy atom. The van der Waals surface area contributed by atoms with Gasteiger partial charge in [0.05, 0.1) is 5.92 Å². The van der Waals surface area contributed by atoms with Crippen LogP contribution in [-0.2, 0) is 4.79 Å². The first-order chi connectivity index (χ1) is 11.6. The predicted molar refractivity (Wildman–Crippen MR) is 93.6 cm³/mol. The van der Waals surface area contributed by atoms with E-state index < -0.39 is 0 Å². The summed E-state index contributed by atoms with van der Waals surface area (Å²) in [6.07, 6.45) is 3.78. The quantitative estimate of drug-likeness (QED) is 0.919. The molecule has 2 aliphatic rings. The second kappa shape index (κ2) is 7.34. The van der Waals surface area contributed by atoms with Crippen LogP contribution < -0.4 is 5.73 Å². The zero-order chi connectivity index (χ0) is 17.1. The minimum Gasteiger partial charge on any atom is -0.338 e. The average molecular weight is 329 g/mol. The highest BCUT2D eigenvalue weighted by Crippen LogP contribution is 2.25. The third-order valence-corrected chi connectivity index (χ3v) is 5.29. The molecule has 0 saturated carbocycles. The SMILES string of the molecule is Cc1ccc(C(=O)N2CCCC(C(=O)N3CCCC3CN)C2)cc1. The Balaban J connectivity index is 1.66. The summed E-state index contributed by atoms with van der Waals surface area (Å²) in [6, 6.07) is 7.83. The predicted octanol–water partition coefficient (Wildman–Crippen LogP) is 1.80. The molecule has 2 amide bonds. The lowest BCUT2D eigenvalue weighted by Crippen LogP contribution is -2.49. The number of amides is 2. The molecule has 5 heteroatoms. The van der Waals surface area contributed by atoms with E-state index in [0.29, 0.717) is 18.7 Å². The Kier molecular flexibility index (Phi) is 5.19. The number of benzene rings is 1. The Morgan fingerprint density at radius 1 is 1.12 bits per heavy atom. The number of nitrogens with two attached hydrogens (primary N) is 1. The second-order valence-corrected chi connectivity index (χ2v) is 7.02. The van der Waals surface area contributed by atoms with E-state index in [1.807, 2.05) is 41.0 Å². The maximum atomic E-state index is 12.9. The van der Waals surface area contributed by atoms with Crippen LogP contribution in [0.3, 0.4) is 0 Å². The van der Waals surface area contributed by atoms with Gasteiger partial charge in [0.25, 0.3) is 5.91 Å². The van der Waals surface area contributed by atoms with E-state index in [0.717, 1.165) is 44.3 Å². The molecule has 0 spiro atoms. The lowest BCUT2D eigenvalue weighted by atomic mass is 9.95. The first-order valence-corrected chi connectivity index (χ1v) is 8.96. The van der Waals surface area contributed by atoms with Crippen molar-refractivity contribution in [3.05, 3.63) is 35.4 Å². The molecule has 2 atom stereocenters. The van der Waals surface area contributed by atoms with Crippen LogP contribution in [0.15, 0.2) is 24.3 Å². The Hall–Kier alpha value is -1.88. The Labute approximate surface area is 143 Å². The first kappa shape index (κ1) is 17.0. The van der Waals surface area contributed by atoms with E-state index in [1.54, 1.807) is 0 Å². The molecule has 2 aliphatic heterocycles. The van der Waals surface area contributed by atoms with Crippen LogP contribution in [-0.4, -0.2) is 53.8 Å². The normalized spacial score (nSPS) is 24.2. The number of carbonyl (C=O) groups is 2. The van der Waals surface area contributed by atoms with Gasteiger partial charge in [-0.3, -0.25) is 9.59 Å². The Bertz CT molecular complexity index is 599. The number of hydrogen-bond acceptors (Lipinski definition) is 3. The lowest BCUT2D eigenvalue weighted by molar-refractivity contribution is -0.137. The van der Waals surface area contributed by atoms with Crippen molar-refractivity contribution in [2.45, 2.75) is 38.6 Å². The zero-order valence-corrected chi connectivity index (χ0v) is 14.4. The molecule has 0 bridgehead atoms. The van der Waals surface area contributed by atoms with Crippen molar-refractivity contribution in [3.63, 3.8) is 0 Å². The van der Waals surface area contributed by atoms with Crippen molar-refractivity contribution in [3.8, 4) is 0 Å². The van der Waals surface area contributed by atoms with Gasteiger partial charge >= 0.3 is 0 Å². The molecule has 1 aromatic carbocycles. The van der Waals surface area contributed by atoms with Crippen molar-refractivity contribution in [1.82, 2.24) is 9.80 Å². The maximum Gasteiger partial charge on any atom is 0.253 e. The maximum absolute atomic E-state index is 12.9. The monoisotopic (exact) mass is 329 g/mol. The third-order valence-electron chi connectivity index (χ3n) is 5.29. The molecular weight excluding hydrogens is 302 g/mol. The van der Waals surface area contributed by atoms with Gasteiger partial charge in [-0.2, -0.15) is 0 Å². The van der Waals surface area contributed by atoms with Crippen LogP contribution in [0.4, 0.5) is 0 Å². The molecule has 0 aromatic heterocycles. The van der Waals surface area contributed by atoms with Gasteiger partial charge in [-0.25, -0.2) is 0 Å². The number of hydrogen-bond donors (Lipinski definition) is 1. The summed E-state index contributed by atoms with van der Waals surface area (Å²) in [7, 11) is 0. The van der Waals surface area contributed by atoms with Crippen molar-refractivity contribution in [2.24, 2.45) is 11.7 Å². The summed E-state index contributed by atoms with van der Waals surface area (Å²) in [4.78, 5) is 29.3. The number of nitrogens with zero attached hydrogens (tertiary/aromatic N) is 2. The van der Waals surface area contributed by atoms with Gasteiger partial charge in [0.1, 0.15) is 0 Å². The smallest absolute Gasteiger partial charge is 0.253 e. The van der Waals surface area contributed by atoms with Gasteiger partial charge in [0, 0.05) is 37.8 Å². The topological polar surface area (TPSA) is 66.6 Å². The van der Waals surface area contributed by atoms with E-state index in [2.05, 4.69) is 0 Å². The number of rotatable bonds is 3. The molecule has 130 valence electrons. The highest BCUT2D eigenvalue weighted by molar-refractivity contribution is 5.94. The van der Waals surface area contributed by atoms with Crippen LogP contribution in [0.5, 0.6) is 0 Å². The fourth-order valence-corrected chi connectivity index (χ4v) is 3.85. The van der Waals surface area contributed by atoms with E-state index in [-0.39, 0.29) is 23.8 Å². The van der Waals surface area contributed by atoms with Crippen LogP contribution in [0.2, 0.25) is 0 Å². The summed E-state index contributed by atoms with van der Waals surface area (Å²) in [5, 5.41) is 0. The molecule has 2 N–H and O–H groups in total. The molecule has 2 unspecified atom stereocenters. The molecular formula is C19H27N3O2. The van der Waals surface area contributed by atoms with E-state index in [9.17, 15) is 9.59 Å². The van der Waals surface area contributed by atoms with Gasteiger partial charge in [0.2, 0.25) is 5.91 Å². The molecule has 5 nitrogen and oxygen atoms in total. The van der Waals surface area contributed by atoms with Gasteiger partial charge < -0.3 is 15.5 Å². The van der Waals surface area contributed by atoms with Crippen molar-refractivity contribution in [2.75, 3.05) is 26.2 Å². The molecule has 0 aliphatic carbocycles. The van der Waals surface area contributed by atoms with E-state index >= 15 is 0 Å². The summed E-state index contributed by atoms with van der Waals surface area (Å²) >= 11 is 0. The van der Waals surface area contributed by atoms with E-state index in [1.165, 1.54) is 0 Å². The zero-order valence-electron chi connectivity index (χ0n) is 14.4. The van der Waals surface area contributed by atoms with Crippen molar-refractivity contribution >= 4 is 11.8 Å². The molecule has 3 rings (SSSR count). The number of carbonyl (C=O) groups excluding carboxylic acids is 2. The fourth-order valence-electron chi connectivity index (χ4n) is 3.85. The Morgan fingerprint density at radius 2 is 1.83 bits per heavy atom. The van der Waals surface area contributed by atoms with Gasteiger partial charge in [-0.05, 0) is 44.7 Å².